The molecule has 9 heteroatoms. The second kappa shape index (κ2) is 10.6. The summed E-state index contributed by atoms with van der Waals surface area (Å²) in [5, 5.41) is 3.00. The van der Waals surface area contributed by atoms with Gasteiger partial charge in [0.15, 0.2) is 0 Å². The van der Waals surface area contributed by atoms with Crippen LogP contribution in [0.2, 0.25) is 0 Å². The van der Waals surface area contributed by atoms with Crippen LogP contribution in [0.5, 0.6) is 0 Å². The molecule has 1 aromatic rings. The van der Waals surface area contributed by atoms with E-state index in [0.717, 1.165) is 25.7 Å². The fourth-order valence-electron chi connectivity index (χ4n) is 3.90. The third-order valence-corrected chi connectivity index (χ3v) is 7.16. The summed E-state index contributed by atoms with van der Waals surface area (Å²) in [6, 6.07) is 5.95. The van der Waals surface area contributed by atoms with Gasteiger partial charge in [-0.05, 0) is 55.9 Å². The molecule has 31 heavy (non-hydrogen) atoms. The molecule has 8 nitrogen and oxygen atoms in total. The summed E-state index contributed by atoms with van der Waals surface area (Å²) in [7, 11) is -3.64. The number of rotatable bonds is 8. The quantitative estimate of drug-likeness (QED) is 0.628. The first-order chi connectivity index (χ1) is 14.7. The fourth-order valence-corrected chi connectivity index (χ4v) is 4.96. The molecule has 1 aromatic carbocycles. The largest absolute Gasteiger partial charge is 0.377 e. The summed E-state index contributed by atoms with van der Waals surface area (Å²) in [5.41, 5.74) is 0.413. The Hall–Kier alpha value is -1.97. The molecule has 0 saturated carbocycles. The van der Waals surface area contributed by atoms with E-state index in [0.29, 0.717) is 37.6 Å². The van der Waals surface area contributed by atoms with Crippen LogP contribution in [0, 0.1) is 5.92 Å². The minimum Gasteiger partial charge on any atom is -0.377 e. The van der Waals surface area contributed by atoms with Gasteiger partial charge in [0.2, 0.25) is 15.9 Å². The van der Waals surface area contributed by atoms with Gasteiger partial charge in [0.25, 0.3) is 5.91 Å². The van der Waals surface area contributed by atoms with Gasteiger partial charge in [0.1, 0.15) is 0 Å². The summed E-state index contributed by atoms with van der Waals surface area (Å²) in [5.74, 6) is 0.274. The molecule has 0 spiro atoms. The van der Waals surface area contributed by atoms with Crippen LogP contribution in [-0.4, -0.2) is 63.5 Å². The Morgan fingerprint density at radius 1 is 1.13 bits per heavy atom. The zero-order valence-electron chi connectivity index (χ0n) is 18.3. The zero-order chi connectivity index (χ0) is 22.4. The van der Waals surface area contributed by atoms with Gasteiger partial charge in [-0.1, -0.05) is 13.8 Å². The molecule has 2 N–H and O–H groups in total. The minimum atomic E-state index is -3.64. The maximum absolute atomic E-state index is 12.6. The van der Waals surface area contributed by atoms with E-state index in [-0.39, 0.29) is 35.4 Å². The van der Waals surface area contributed by atoms with Crippen molar-refractivity contribution in [2.45, 2.75) is 63.0 Å². The molecule has 0 aromatic heterocycles. The average Bonchev–Trinajstić information content (AvgIpc) is 3.26. The third-order valence-electron chi connectivity index (χ3n) is 5.72. The lowest BCUT2D eigenvalue weighted by Gasteiger charge is -2.32. The molecular weight excluding hydrogens is 418 g/mol. The molecule has 0 aliphatic carbocycles. The second-order valence-corrected chi connectivity index (χ2v) is 10.5. The number of benzene rings is 1. The number of carbonyl (C=O) groups is 2. The van der Waals surface area contributed by atoms with E-state index in [1.807, 2.05) is 18.7 Å². The van der Waals surface area contributed by atoms with Gasteiger partial charge in [0, 0.05) is 44.3 Å². The Balaban J connectivity index is 1.48. The SMILES string of the molecule is CC(C)CC(=O)N1CCC(NC(=O)c2ccc(S(=O)(=O)NCC3CCCO3)cc2)CC1. The smallest absolute Gasteiger partial charge is 0.251 e. The number of nitrogens with zero attached hydrogens (tertiary/aromatic N) is 1. The van der Waals surface area contributed by atoms with Crippen molar-refractivity contribution in [3.8, 4) is 0 Å². The Morgan fingerprint density at radius 2 is 1.81 bits per heavy atom. The minimum absolute atomic E-state index is 0.00656. The molecule has 2 fully saturated rings. The molecule has 0 bridgehead atoms. The summed E-state index contributed by atoms with van der Waals surface area (Å²) in [4.78, 5) is 26.7. The first-order valence-corrected chi connectivity index (χ1v) is 12.5. The lowest BCUT2D eigenvalue weighted by molar-refractivity contribution is -0.133. The van der Waals surface area contributed by atoms with E-state index in [1.54, 1.807) is 0 Å². The highest BCUT2D eigenvalue weighted by molar-refractivity contribution is 7.89. The normalized spacial score (nSPS) is 20.2. The molecule has 2 aliphatic heterocycles. The Morgan fingerprint density at radius 3 is 2.39 bits per heavy atom. The first kappa shape index (κ1) is 23.7. The number of carbonyl (C=O) groups excluding carboxylic acids is 2. The molecule has 1 unspecified atom stereocenters. The third kappa shape index (κ3) is 6.75. The summed E-state index contributed by atoms with van der Waals surface area (Å²) < 4.78 is 32.9. The van der Waals surface area contributed by atoms with Crippen LogP contribution in [0.1, 0.15) is 56.3 Å². The Kier molecular flexibility index (Phi) is 8.07. The number of hydrogen-bond donors (Lipinski definition) is 2. The molecule has 172 valence electrons. The number of amides is 2. The van der Waals surface area contributed by atoms with E-state index < -0.39 is 10.0 Å². The van der Waals surface area contributed by atoms with Crippen LogP contribution < -0.4 is 10.0 Å². The Bertz CT molecular complexity index is 856. The van der Waals surface area contributed by atoms with Crippen molar-refractivity contribution in [2.24, 2.45) is 5.92 Å². The monoisotopic (exact) mass is 451 g/mol. The maximum Gasteiger partial charge on any atom is 0.251 e. The second-order valence-electron chi connectivity index (χ2n) is 8.74. The molecule has 2 amide bonds. The lowest BCUT2D eigenvalue weighted by Crippen LogP contribution is -2.46. The van der Waals surface area contributed by atoms with Gasteiger partial charge < -0.3 is 15.0 Å². The number of likely N-dealkylation sites (tertiary alicyclic amines) is 1. The summed E-state index contributed by atoms with van der Waals surface area (Å²) in [6.07, 6.45) is 3.71. The summed E-state index contributed by atoms with van der Waals surface area (Å²) in [6.45, 7) is 6.27. The number of piperidine rings is 1. The standard InChI is InChI=1S/C22H33N3O5S/c1-16(2)14-21(26)25-11-9-18(10-12-25)24-22(27)17-5-7-20(8-6-17)31(28,29)23-15-19-4-3-13-30-19/h5-8,16,18-19,23H,3-4,9-15H2,1-2H3,(H,24,27). The topological polar surface area (TPSA) is 105 Å². The predicted molar refractivity (Wildman–Crippen MR) is 117 cm³/mol. The van der Waals surface area contributed by atoms with Crippen molar-refractivity contribution >= 4 is 21.8 Å². The van der Waals surface area contributed by atoms with Crippen molar-refractivity contribution in [3.05, 3.63) is 29.8 Å². The van der Waals surface area contributed by atoms with Crippen molar-refractivity contribution in [3.63, 3.8) is 0 Å². The maximum atomic E-state index is 12.6. The highest BCUT2D eigenvalue weighted by Crippen LogP contribution is 2.16. The predicted octanol–water partition coefficient (Wildman–Crippen LogP) is 1.91. The number of sulfonamides is 1. The van der Waals surface area contributed by atoms with Gasteiger partial charge >= 0.3 is 0 Å². The van der Waals surface area contributed by atoms with Crippen LogP contribution in [0.15, 0.2) is 29.2 Å². The van der Waals surface area contributed by atoms with Crippen molar-refractivity contribution in [1.82, 2.24) is 14.9 Å². The van der Waals surface area contributed by atoms with Gasteiger partial charge in [0.05, 0.1) is 11.0 Å². The van der Waals surface area contributed by atoms with Crippen LogP contribution in [0.25, 0.3) is 0 Å². The molecule has 2 saturated heterocycles. The van der Waals surface area contributed by atoms with Crippen molar-refractivity contribution < 1.29 is 22.7 Å². The van der Waals surface area contributed by atoms with E-state index in [2.05, 4.69) is 10.0 Å². The van der Waals surface area contributed by atoms with E-state index in [4.69, 9.17) is 4.74 Å². The molecule has 0 radical (unpaired) electrons. The van der Waals surface area contributed by atoms with Crippen LogP contribution >= 0.6 is 0 Å². The highest BCUT2D eigenvalue weighted by atomic mass is 32.2. The van der Waals surface area contributed by atoms with Crippen LogP contribution in [-0.2, 0) is 19.6 Å². The lowest BCUT2D eigenvalue weighted by atomic mass is 10.0. The molecule has 2 heterocycles. The molecule has 2 aliphatic rings. The van der Waals surface area contributed by atoms with Crippen molar-refractivity contribution in [1.29, 1.82) is 0 Å². The van der Waals surface area contributed by atoms with Gasteiger partial charge in [-0.2, -0.15) is 0 Å². The first-order valence-electron chi connectivity index (χ1n) is 11.0. The number of nitrogens with one attached hydrogen (secondary N) is 2. The molecule has 1 atom stereocenters. The van der Waals surface area contributed by atoms with Gasteiger partial charge in [-0.15, -0.1) is 0 Å². The van der Waals surface area contributed by atoms with E-state index >= 15 is 0 Å². The number of hydrogen-bond acceptors (Lipinski definition) is 5. The van der Waals surface area contributed by atoms with E-state index in [9.17, 15) is 18.0 Å². The zero-order valence-corrected chi connectivity index (χ0v) is 19.1. The number of ether oxygens (including phenoxy) is 1. The van der Waals surface area contributed by atoms with Crippen molar-refractivity contribution in [2.75, 3.05) is 26.2 Å². The summed E-state index contributed by atoms with van der Waals surface area (Å²) >= 11 is 0. The van der Waals surface area contributed by atoms with Crippen LogP contribution in [0.4, 0.5) is 0 Å². The molecular formula is C22H33N3O5S. The average molecular weight is 452 g/mol. The Labute approximate surface area is 184 Å². The van der Waals surface area contributed by atoms with Gasteiger partial charge in [-0.25, -0.2) is 13.1 Å². The molecule has 3 rings (SSSR count). The van der Waals surface area contributed by atoms with E-state index in [1.165, 1.54) is 24.3 Å². The fraction of sp³-hybridized carbons (Fsp3) is 0.636. The highest BCUT2D eigenvalue weighted by Gasteiger charge is 2.25. The van der Waals surface area contributed by atoms with Gasteiger partial charge in [-0.3, -0.25) is 9.59 Å². The van der Waals surface area contributed by atoms with Crippen LogP contribution in [0.3, 0.4) is 0 Å².